The Morgan fingerprint density at radius 3 is 1.39 bits per heavy atom. The van der Waals surface area contributed by atoms with E-state index in [1.54, 1.807) is 12.4 Å². The predicted molar refractivity (Wildman–Crippen MR) is 227 cm³/mol. The second-order valence-electron chi connectivity index (χ2n) is 16.3. The van der Waals surface area contributed by atoms with Crippen molar-refractivity contribution in [3.8, 4) is 34.4 Å². The van der Waals surface area contributed by atoms with E-state index in [1.165, 1.54) is 14.2 Å². The van der Waals surface area contributed by atoms with Gasteiger partial charge in [0.05, 0.1) is 50.1 Å². The number of ether oxygens (including phenoxy) is 4. The van der Waals surface area contributed by atoms with Crippen molar-refractivity contribution in [3.63, 3.8) is 0 Å². The molecule has 326 valence electrons. The fourth-order valence-electron chi connectivity index (χ4n) is 9.14. The van der Waals surface area contributed by atoms with E-state index < -0.39 is 24.3 Å². The highest BCUT2D eigenvalue weighted by Crippen LogP contribution is 2.35. The van der Waals surface area contributed by atoms with Gasteiger partial charge in [-0.25, -0.2) is 19.6 Å². The third-order valence-electron chi connectivity index (χ3n) is 12.6. The topological polar surface area (TPSA) is 193 Å². The van der Waals surface area contributed by atoms with E-state index >= 15 is 0 Å². The molecule has 4 amide bonds. The third kappa shape index (κ3) is 9.64. The Balaban J connectivity index is 0.888. The third-order valence-corrected chi connectivity index (χ3v) is 12.6. The number of hydrogen-bond donors (Lipinski definition) is 4. The molecule has 6 heterocycles. The van der Waals surface area contributed by atoms with Crippen LogP contribution in [0.5, 0.6) is 0 Å². The average Bonchev–Trinajstić information content (AvgIpc) is 4.17. The van der Waals surface area contributed by atoms with Crippen LogP contribution in [0.25, 0.3) is 22.5 Å². The van der Waals surface area contributed by atoms with Crippen LogP contribution < -0.4 is 10.6 Å². The molecule has 4 N–H and O–H groups in total. The van der Waals surface area contributed by atoms with Crippen LogP contribution in [0.4, 0.5) is 9.59 Å². The smallest absolute Gasteiger partial charge is 0.407 e. The first-order valence-corrected chi connectivity index (χ1v) is 21.6. The van der Waals surface area contributed by atoms with Gasteiger partial charge in [0.15, 0.2) is 0 Å². The maximum Gasteiger partial charge on any atom is 0.407 e. The number of methoxy groups -OCH3 is 2. The van der Waals surface area contributed by atoms with Gasteiger partial charge in [-0.15, -0.1) is 0 Å². The largest absolute Gasteiger partial charge is 0.453 e. The lowest BCUT2D eigenvalue weighted by molar-refractivity contribution is -0.137. The Hall–Kier alpha value is -6.18. The zero-order valence-corrected chi connectivity index (χ0v) is 35.2. The minimum Gasteiger partial charge on any atom is -0.453 e. The van der Waals surface area contributed by atoms with Crippen LogP contribution in [0.2, 0.25) is 0 Å². The summed E-state index contributed by atoms with van der Waals surface area (Å²) in [5.74, 6) is 7.65. The first-order chi connectivity index (χ1) is 30.3. The Labute approximate surface area is 360 Å². The summed E-state index contributed by atoms with van der Waals surface area (Å²) in [7, 11) is 2.61. The number of alkyl carbamates (subject to hydrolysis) is 2. The molecule has 0 radical (unpaired) electrons. The van der Waals surface area contributed by atoms with Crippen molar-refractivity contribution in [1.82, 2.24) is 40.4 Å². The number of hydrogen-bond acceptors (Lipinski definition) is 10. The molecule has 8 rings (SSSR count). The van der Waals surface area contributed by atoms with Crippen molar-refractivity contribution >= 4 is 24.0 Å². The minimum atomic E-state index is -0.688. The summed E-state index contributed by atoms with van der Waals surface area (Å²) >= 11 is 0. The number of H-pyrrole nitrogens is 2. The Morgan fingerprint density at radius 1 is 0.629 bits per heavy atom. The standard InChI is InChI=1S/C46H54N8O8/c1-59-45(57)51-39(33-17-23-61-24-18-33)43(55)53-21-3-5-37(53)41-47-27-35(49-41)31-13-9-29(10-14-31)7-8-30-11-15-32(16-12-30)36-28-48-42(50-36)38-6-4-22-54(38)44(56)40(52-46(58)60-2)34-19-25-62-26-20-34/h9-16,27-28,33-34,37-40H,3-6,17-26H2,1-2H3,(H,47,49)(H,48,50)(H,51,57)(H,52,58). The molecule has 4 unspecified atom stereocenters. The molecule has 0 aliphatic carbocycles. The quantitative estimate of drug-likeness (QED) is 0.148. The number of aromatic amines is 2. The number of carbonyl (C=O) groups excluding carboxylic acids is 4. The molecule has 0 saturated carbocycles. The van der Waals surface area contributed by atoms with Crippen LogP contribution in [0.3, 0.4) is 0 Å². The van der Waals surface area contributed by atoms with Crippen LogP contribution in [0.15, 0.2) is 60.9 Å². The van der Waals surface area contributed by atoms with Gasteiger partial charge in [-0.05, 0) is 98.6 Å². The molecule has 4 aliphatic heterocycles. The number of rotatable bonds is 10. The van der Waals surface area contributed by atoms with Gasteiger partial charge >= 0.3 is 12.2 Å². The van der Waals surface area contributed by atoms with Crippen molar-refractivity contribution in [2.45, 2.75) is 75.5 Å². The van der Waals surface area contributed by atoms with Crippen molar-refractivity contribution in [3.05, 3.63) is 83.7 Å². The molecule has 4 fully saturated rings. The molecule has 4 saturated heterocycles. The Morgan fingerprint density at radius 2 is 1.02 bits per heavy atom. The highest BCUT2D eigenvalue weighted by atomic mass is 16.5. The molecule has 2 aromatic heterocycles. The normalized spacial score (nSPS) is 20.5. The molecule has 16 nitrogen and oxygen atoms in total. The molecule has 16 heteroatoms. The second kappa shape index (κ2) is 19.7. The summed E-state index contributed by atoms with van der Waals surface area (Å²) in [5, 5.41) is 5.61. The van der Waals surface area contributed by atoms with E-state index in [-0.39, 0.29) is 35.7 Å². The van der Waals surface area contributed by atoms with Gasteiger partial charge in [0, 0.05) is 50.6 Å². The van der Waals surface area contributed by atoms with Crippen LogP contribution in [-0.4, -0.2) is 120 Å². The molecule has 4 atom stereocenters. The lowest BCUT2D eigenvalue weighted by Gasteiger charge is -2.34. The first-order valence-electron chi connectivity index (χ1n) is 21.6. The van der Waals surface area contributed by atoms with Gasteiger partial charge in [-0.3, -0.25) is 9.59 Å². The number of benzene rings is 2. The van der Waals surface area contributed by atoms with E-state index in [0.29, 0.717) is 76.8 Å². The molecule has 0 spiro atoms. The van der Waals surface area contributed by atoms with Gasteiger partial charge in [-0.1, -0.05) is 36.1 Å². The second-order valence-corrected chi connectivity index (χ2v) is 16.3. The summed E-state index contributed by atoms with van der Waals surface area (Å²) in [6.07, 6.45) is 8.33. The monoisotopic (exact) mass is 846 g/mol. The number of amides is 4. The number of nitrogens with zero attached hydrogens (tertiary/aromatic N) is 4. The van der Waals surface area contributed by atoms with Gasteiger partial charge in [0.2, 0.25) is 11.8 Å². The summed E-state index contributed by atoms with van der Waals surface area (Å²) in [4.78, 5) is 72.3. The number of carbonyl (C=O) groups is 4. The van der Waals surface area contributed by atoms with Crippen LogP contribution in [0.1, 0.15) is 86.2 Å². The molecule has 4 aromatic rings. The number of nitrogens with one attached hydrogen (secondary N) is 4. The predicted octanol–water partition coefficient (Wildman–Crippen LogP) is 5.50. The molecular weight excluding hydrogens is 793 g/mol. The number of imidazole rings is 2. The van der Waals surface area contributed by atoms with Crippen molar-refractivity contribution < 1.29 is 38.1 Å². The van der Waals surface area contributed by atoms with Crippen LogP contribution in [0, 0.1) is 23.7 Å². The molecule has 4 aliphatic rings. The highest BCUT2D eigenvalue weighted by Gasteiger charge is 2.41. The lowest BCUT2D eigenvalue weighted by Crippen LogP contribution is -2.53. The fourth-order valence-corrected chi connectivity index (χ4v) is 9.14. The molecule has 2 aromatic carbocycles. The zero-order chi connectivity index (χ0) is 43.0. The van der Waals surface area contributed by atoms with E-state index in [0.717, 1.165) is 59.3 Å². The summed E-state index contributed by atoms with van der Waals surface area (Å²) in [6.45, 7) is 3.40. The number of likely N-dealkylation sites (tertiary alicyclic amines) is 2. The van der Waals surface area contributed by atoms with Crippen molar-refractivity contribution in [2.75, 3.05) is 53.7 Å². The molecule has 0 bridgehead atoms. The fraction of sp³-hybridized carbons (Fsp3) is 0.478. The maximum absolute atomic E-state index is 13.9. The van der Waals surface area contributed by atoms with Crippen LogP contribution >= 0.6 is 0 Å². The van der Waals surface area contributed by atoms with Gasteiger partial charge in [-0.2, -0.15) is 0 Å². The van der Waals surface area contributed by atoms with Gasteiger partial charge in [0.1, 0.15) is 23.7 Å². The number of aromatic nitrogens is 4. The summed E-state index contributed by atoms with van der Waals surface area (Å²) < 4.78 is 20.7. The van der Waals surface area contributed by atoms with Crippen molar-refractivity contribution in [2.24, 2.45) is 11.8 Å². The van der Waals surface area contributed by atoms with E-state index in [4.69, 9.17) is 28.9 Å². The SMILES string of the molecule is COC(=O)NC(C(=O)N1CCCC1c1ncc(-c2ccc(C#Cc3ccc(-c4cnc(C5CCCN5C(=O)C(NC(=O)OC)C5CCOCC5)[nH]4)cc3)cc2)[nH]1)C1CCOCC1. The maximum atomic E-state index is 13.9. The first kappa shape index (κ1) is 42.5. The molecular formula is C46H54N8O8. The lowest BCUT2D eigenvalue weighted by atomic mass is 9.90. The van der Waals surface area contributed by atoms with Crippen LogP contribution in [-0.2, 0) is 28.5 Å². The van der Waals surface area contributed by atoms with E-state index in [2.05, 4.69) is 32.4 Å². The van der Waals surface area contributed by atoms with E-state index in [1.807, 2.05) is 58.3 Å². The Bertz CT molecular complexity index is 2100. The minimum absolute atomic E-state index is 0.0305. The summed E-state index contributed by atoms with van der Waals surface area (Å²) in [6, 6.07) is 14.1. The van der Waals surface area contributed by atoms with Gasteiger partial charge in [0.25, 0.3) is 0 Å². The average molecular weight is 847 g/mol. The molecule has 62 heavy (non-hydrogen) atoms. The Kier molecular flexibility index (Phi) is 13.5. The summed E-state index contributed by atoms with van der Waals surface area (Å²) in [5.41, 5.74) is 5.29. The highest BCUT2D eigenvalue weighted by molar-refractivity contribution is 5.87. The van der Waals surface area contributed by atoms with Crippen molar-refractivity contribution in [1.29, 1.82) is 0 Å². The van der Waals surface area contributed by atoms with Gasteiger partial charge < -0.3 is 49.3 Å². The van der Waals surface area contributed by atoms with E-state index in [9.17, 15) is 19.2 Å². The zero-order valence-electron chi connectivity index (χ0n) is 35.2.